The van der Waals surface area contributed by atoms with Crippen LogP contribution in [0, 0.1) is 17.7 Å². The van der Waals surface area contributed by atoms with Crippen LogP contribution in [0.2, 0.25) is 0 Å². The highest BCUT2D eigenvalue weighted by molar-refractivity contribution is 8.54. The van der Waals surface area contributed by atoms with Crippen LogP contribution < -0.4 is 4.90 Å². The molecule has 2 aliphatic heterocycles. The third kappa shape index (κ3) is 8.64. The largest absolute Gasteiger partial charge is 0.344 e. The molecule has 282 valence electrons. The van der Waals surface area contributed by atoms with E-state index in [4.69, 9.17) is 10.8 Å². The van der Waals surface area contributed by atoms with Gasteiger partial charge in [-0.2, -0.15) is 4.58 Å². The number of benzene rings is 3. The highest BCUT2D eigenvalue weighted by atomic mass is 32.2. The predicted molar refractivity (Wildman–Crippen MR) is 241 cm³/mol. The summed E-state index contributed by atoms with van der Waals surface area (Å²) in [6.45, 7) is 18.0. The summed E-state index contributed by atoms with van der Waals surface area (Å²) in [5.41, 5.74) is 12.9. The highest BCUT2D eigenvalue weighted by Gasteiger charge is 2.44. The van der Waals surface area contributed by atoms with E-state index in [0.29, 0.717) is 8.75 Å². The van der Waals surface area contributed by atoms with Gasteiger partial charge in [0.1, 0.15) is 15.3 Å². The Morgan fingerprint density at radius 1 is 0.796 bits per heavy atom. The van der Waals surface area contributed by atoms with E-state index in [1.807, 2.05) is 0 Å². The van der Waals surface area contributed by atoms with Crippen LogP contribution in [0.3, 0.4) is 0 Å². The average Bonchev–Trinajstić information content (AvgIpc) is 3.71. The number of anilines is 1. The van der Waals surface area contributed by atoms with Crippen LogP contribution in [0.25, 0.3) is 0 Å². The first kappa shape index (κ1) is 40.2. The molecule has 7 heteroatoms. The average molecular weight is 774 g/mol. The number of allylic oxidation sites excluding steroid dienone is 7. The summed E-state index contributed by atoms with van der Waals surface area (Å²) in [4.78, 5) is 3.70. The Hall–Kier alpha value is -3.52. The first-order chi connectivity index (χ1) is 25.9. The van der Waals surface area contributed by atoms with Gasteiger partial charge in [-0.3, -0.25) is 10.8 Å². The molecule has 2 N–H and O–H groups in total. The van der Waals surface area contributed by atoms with Gasteiger partial charge in [0, 0.05) is 58.1 Å². The molecule has 0 saturated carbocycles. The van der Waals surface area contributed by atoms with E-state index >= 15 is 0 Å². The number of aryl methyl sites for hydroxylation is 1. The van der Waals surface area contributed by atoms with Crippen molar-refractivity contribution in [1.29, 1.82) is 10.8 Å². The van der Waals surface area contributed by atoms with E-state index in [1.165, 1.54) is 96.4 Å². The van der Waals surface area contributed by atoms with Crippen LogP contribution in [0.5, 0.6) is 0 Å². The van der Waals surface area contributed by atoms with E-state index in [-0.39, 0.29) is 10.8 Å². The summed E-state index contributed by atoms with van der Waals surface area (Å²) in [6.07, 6.45) is 15.9. The summed E-state index contributed by atoms with van der Waals surface area (Å²) in [5.74, 6) is 0.734. The van der Waals surface area contributed by atoms with E-state index in [2.05, 4.69) is 155 Å². The first-order valence-corrected chi connectivity index (χ1v) is 22.2. The molecule has 6 rings (SSSR count). The Balaban J connectivity index is 1.33. The van der Waals surface area contributed by atoms with Crippen molar-refractivity contribution in [3.05, 3.63) is 141 Å². The summed E-state index contributed by atoms with van der Waals surface area (Å²) in [6, 6.07) is 26.3. The van der Waals surface area contributed by atoms with Crippen LogP contribution in [0.15, 0.2) is 119 Å². The number of fused-ring (bicyclic) bond motifs is 2. The smallest absolute Gasteiger partial charge is 0.209 e. The lowest BCUT2D eigenvalue weighted by molar-refractivity contribution is -0.438. The number of rotatable bonds is 12. The second kappa shape index (κ2) is 17.5. The van der Waals surface area contributed by atoms with Crippen LogP contribution in [0.1, 0.15) is 102 Å². The minimum atomic E-state index is -0.103. The molecule has 1 aliphatic carbocycles. The monoisotopic (exact) mass is 773 g/mol. The molecule has 0 atom stereocenters. The van der Waals surface area contributed by atoms with Gasteiger partial charge in [0.15, 0.2) is 5.71 Å². The normalized spacial score (nSPS) is 18.8. The Morgan fingerprint density at radius 3 is 2.24 bits per heavy atom. The third-order valence-electron chi connectivity index (χ3n) is 11.1. The van der Waals surface area contributed by atoms with Crippen molar-refractivity contribution in [2.75, 3.05) is 18.0 Å². The zero-order valence-electron chi connectivity index (χ0n) is 33.2. The molecular formula is C47H57N4S3+. The molecule has 2 heterocycles. The van der Waals surface area contributed by atoms with Crippen molar-refractivity contribution in [2.24, 2.45) is 0 Å². The fourth-order valence-electron chi connectivity index (χ4n) is 7.97. The molecule has 3 aliphatic rings. The lowest BCUT2D eigenvalue weighted by Crippen LogP contribution is -2.28. The van der Waals surface area contributed by atoms with Gasteiger partial charge in [-0.15, -0.1) is 0 Å². The first-order valence-electron chi connectivity index (χ1n) is 19.6. The van der Waals surface area contributed by atoms with E-state index in [9.17, 15) is 0 Å². The summed E-state index contributed by atoms with van der Waals surface area (Å²) in [5, 5.41) is 17.9. The van der Waals surface area contributed by atoms with Gasteiger partial charge in [0.05, 0.1) is 5.41 Å². The Kier molecular flexibility index (Phi) is 13.0. The van der Waals surface area contributed by atoms with Crippen molar-refractivity contribution in [3.8, 4) is 0 Å². The summed E-state index contributed by atoms with van der Waals surface area (Å²) >= 11 is 4.30. The number of hydrogen-bond donors (Lipinski definition) is 2. The van der Waals surface area contributed by atoms with Crippen LogP contribution in [0.4, 0.5) is 11.4 Å². The topological polar surface area (TPSA) is 54.0 Å². The van der Waals surface area contributed by atoms with Crippen LogP contribution >= 0.6 is 35.3 Å². The molecule has 0 saturated heterocycles. The maximum absolute atomic E-state index is 9.14. The number of para-hydroxylation sites is 2. The maximum Gasteiger partial charge on any atom is 0.209 e. The standard InChI is InChI=1S/C47H57N4S3/c1-8-10-30-50-39-18-14-12-16-37(39)46(4,5)41(50)28-26-35-24-25-36(43(35)53-45(49)54-44(48)52-32-34-22-20-33(3)21-23-34)27-29-42-47(6,7)38-17-13-15-19-40(38)51(42)31-11-9-2/h12-23,26-29,48-49H,8-11,24-25,30-32H2,1-7H3/q+1. The SMILES string of the molecule is CCCCN1/C(=C/C=C2\CCC(/C=C/C3=[N+](CCCC)c4ccccc4C3(C)C)=C2SC(=N)SC(=N)SCc2ccc(C)cc2)C(C)(C)c2ccccc21. The predicted octanol–water partition coefficient (Wildman–Crippen LogP) is 13.5. The van der Waals surface area contributed by atoms with Crippen molar-refractivity contribution < 1.29 is 4.58 Å². The van der Waals surface area contributed by atoms with Gasteiger partial charge >= 0.3 is 0 Å². The lowest BCUT2D eigenvalue weighted by atomic mass is 9.81. The maximum atomic E-state index is 9.14. The second-order valence-electron chi connectivity index (χ2n) is 15.7. The molecule has 0 radical (unpaired) electrons. The zero-order valence-corrected chi connectivity index (χ0v) is 35.7. The van der Waals surface area contributed by atoms with Crippen molar-refractivity contribution in [3.63, 3.8) is 0 Å². The van der Waals surface area contributed by atoms with Gasteiger partial charge in [-0.25, -0.2) is 0 Å². The number of thioether (sulfide) groups is 3. The number of unbranched alkanes of at least 4 members (excludes halogenated alkanes) is 2. The highest BCUT2D eigenvalue weighted by Crippen LogP contribution is 2.49. The second-order valence-corrected chi connectivity index (χ2v) is 19.2. The lowest BCUT2D eigenvalue weighted by Gasteiger charge is -2.27. The van der Waals surface area contributed by atoms with Crippen molar-refractivity contribution in [1.82, 2.24) is 0 Å². The minimum absolute atomic E-state index is 0.103. The minimum Gasteiger partial charge on any atom is -0.344 e. The Bertz CT molecular complexity index is 2040. The third-order valence-corrected chi connectivity index (χ3v) is 14.2. The van der Waals surface area contributed by atoms with Crippen LogP contribution in [-0.4, -0.2) is 32.1 Å². The molecule has 0 spiro atoms. The van der Waals surface area contributed by atoms with Gasteiger partial charge in [-0.05, 0) is 86.2 Å². The summed E-state index contributed by atoms with van der Waals surface area (Å²) < 4.78 is 3.44. The summed E-state index contributed by atoms with van der Waals surface area (Å²) in [7, 11) is 0. The molecule has 3 aromatic rings. The fraction of sp³-hybridized carbons (Fsp3) is 0.383. The molecule has 3 aromatic carbocycles. The molecule has 54 heavy (non-hydrogen) atoms. The Morgan fingerprint density at radius 2 is 1.50 bits per heavy atom. The molecule has 0 bridgehead atoms. The molecule has 0 fully saturated rings. The van der Waals surface area contributed by atoms with E-state index in [0.717, 1.165) is 57.4 Å². The number of hydrogen-bond acceptors (Lipinski definition) is 6. The Labute approximate surface area is 337 Å². The molecule has 0 aromatic heterocycles. The van der Waals surface area contributed by atoms with Crippen molar-refractivity contribution >= 4 is 61.1 Å². The molecule has 0 unspecified atom stereocenters. The quantitative estimate of drug-likeness (QED) is 0.109. The van der Waals surface area contributed by atoms with E-state index < -0.39 is 0 Å². The van der Waals surface area contributed by atoms with Gasteiger partial charge in [0.2, 0.25) is 5.69 Å². The number of nitrogens with one attached hydrogen (secondary N) is 2. The zero-order chi connectivity index (χ0) is 38.5. The molecular weight excluding hydrogens is 717 g/mol. The van der Waals surface area contributed by atoms with Gasteiger partial charge in [-0.1, -0.05) is 142 Å². The number of nitrogens with zero attached hydrogens (tertiary/aromatic N) is 2. The molecule has 0 amide bonds. The molecule has 4 nitrogen and oxygen atoms in total. The van der Waals surface area contributed by atoms with Gasteiger partial charge in [0.25, 0.3) is 0 Å². The van der Waals surface area contributed by atoms with Crippen LogP contribution in [-0.2, 0) is 16.6 Å². The van der Waals surface area contributed by atoms with E-state index in [1.54, 1.807) is 0 Å². The van der Waals surface area contributed by atoms with Crippen molar-refractivity contribution in [2.45, 2.75) is 104 Å². The van der Waals surface area contributed by atoms with Gasteiger partial charge < -0.3 is 4.90 Å². The fourth-order valence-corrected chi connectivity index (χ4v) is 10.9.